The highest BCUT2D eigenvalue weighted by atomic mass is 32.1. The zero-order valence-electron chi connectivity index (χ0n) is 10.6. The van der Waals surface area contributed by atoms with Crippen molar-refractivity contribution in [2.75, 3.05) is 26.3 Å². The molecule has 1 N–H and O–H groups in total. The van der Waals surface area contributed by atoms with Gasteiger partial charge in [-0.1, -0.05) is 30.3 Å². The molecule has 1 fully saturated rings. The Labute approximate surface area is 116 Å². The molecule has 0 saturated carbocycles. The second-order valence-corrected chi connectivity index (χ2v) is 4.89. The molecule has 0 spiro atoms. The summed E-state index contributed by atoms with van der Waals surface area (Å²) in [4.78, 5) is 6.71. The third-order valence-electron chi connectivity index (χ3n) is 3.17. The van der Waals surface area contributed by atoms with Gasteiger partial charge in [-0.25, -0.2) is 4.68 Å². The molecule has 1 aromatic carbocycles. The Morgan fingerprint density at radius 2 is 1.95 bits per heavy atom. The largest absolute Gasteiger partial charge is 0.379 e. The summed E-state index contributed by atoms with van der Waals surface area (Å²) in [6.45, 7) is 4.17. The SMILES string of the molecule is S=c1nc(-c2ccccc2)[nH]n1CN1CCOCC1. The highest BCUT2D eigenvalue weighted by Gasteiger charge is 2.12. The first-order valence-corrected chi connectivity index (χ1v) is 6.76. The topological polar surface area (TPSA) is 46.1 Å². The normalized spacial score (nSPS) is 16.6. The molecule has 3 rings (SSSR count). The summed E-state index contributed by atoms with van der Waals surface area (Å²) in [5.74, 6) is 0.818. The van der Waals surface area contributed by atoms with Gasteiger partial charge in [0.1, 0.15) is 0 Å². The maximum Gasteiger partial charge on any atom is 0.217 e. The molecule has 0 atom stereocenters. The lowest BCUT2D eigenvalue weighted by atomic mass is 10.2. The lowest BCUT2D eigenvalue weighted by Crippen LogP contribution is -2.37. The van der Waals surface area contributed by atoms with Crippen LogP contribution in [0.5, 0.6) is 0 Å². The molecule has 2 heterocycles. The minimum Gasteiger partial charge on any atom is -0.379 e. The van der Waals surface area contributed by atoms with Crippen LogP contribution in [0.25, 0.3) is 11.4 Å². The predicted molar refractivity (Wildman–Crippen MR) is 75.2 cm³/mol. The molecule has 0 unspecified atom stereocenters. The van der Waals surface area contributed by atoms with E-state index in [0.717, 1.165) is 44.4 Å². The van der Waals surface area contributed by atoms with Crippen molar-refractivity contribution in [1.82, 2.24) is 19.7 Å². The molecule has 0 aliphatic carbocycles. The van der Waals surface area contributed by atoms with Gasteiger partial charge in [0.2, 0.25) is 4.77 Å². The Bertz CT molecular complexity index is 586. The molecule has 0 radical (unpaired) electrons. The monoisotopic (exact) mass is 276 g/mol. The minimum atomic E-state index is 0.588. The van der Waals surface area contributed by atoms with Crippen molar-refractivity contribution in [1.29, 1.82) is 0 Å². The lowest BCUT2D eigenvalue weighted by molar-refractivity contribution is 0.0210. The number of hydrogen-bond donors (Lipinski definition) is 1. The second kappa shape index (κ2) is 5.64. The summed E-state index contributed by atoms with van der Waals surface area (Å²) in [7, 11) is 0. The third-order valence-corrected chi connectivity index (χ3v) is 3.48. The van der Waals surface area contributed by atoms with E-state index in [1.54, 1.807) is 0 Å². The number of aromatic amines is 1. The van der Waals surface area contributed by atoms with Gasteiger partial charge in [-0.05, 0) is 12.2 Å². The zero-order valence-corrected chi connectivity index (χ0v) is 11.4. The van der Waals surface area contributed by atoms with Crippen molar-refractivity contribution in [3.63, 3.8) is 0 Å². The average molecular weight is 276 g/mol. The van der Waals surface area contributed by atoms with Crippen LogP contribution in [0.15, 0.2) is 30.3 Å². The molecule has 0 bridgehead atoms. The van der Waals surface area contributed by atoms with Gasteiger partial charge < -0.3 is 4.74 Å². The molecule has 1 aromatic heterocycles. The van der Waals surface area contributed by atoms with E-state index in [9.17, 15) is 0 Å². The van der Waals surface area contributed by atoms with E-state index in [2.05, 4.69) is 15.0 Å². The first-order chi connectivity index (χ1) is 9.33. The van der Waals surface area contributed by atoms with Crippen LogP contribution in [-0.2, 0) is 11.4 Å². The van der Waals surface area contributed by atoms with E-state index in [1.807, 2.05) is 35.0 Å². The van der Waals surface area contributed by atoms with Gasteiger partial charge in [0.05, 0.1) is 19.9 Å². The van der Waals surface area contributed by atoms with E-state index in [4.69, 9.17) is 17.0 Å². The first kappa shape index (κ1) is 12.5. The van der Waals surface area contributed by atoms with Crippen LogP contribution in [0.1, 0.15) is 0 Å². The molecule has 1 saturated heterocycles. The van der Waals surface area contributed by atoms with Crippen LogP contribution in [0.2, 0.25) is 0 Å². The molecular weight excluding hydrogens is 260 g/mol. The maximum absolute atomic E-state index is 5.34. The van der Waals surface area contributed by atoms with Crippen molar-refractivity contribution < 1.29 is 4.74 Å². The van der Waals surface area contributed by atoms with Gasteiger partial charge in [-0.3, -0.25) is 10.00 Å². The van der Waals surface area contributed by atoms with Crippen molar-refractivity contribution in [3.05, 3.63) is 35.1 Å². The second-order valence-electron chi connectivity index (χ2n) is 4.52. The Kier molecular flexibility index (Phi) is 3.72. The predicted octanol–water partition coefficient (Wildman–Crippen LogP) is 1.90. The highest BCUT2D eigenvalue weighted by Crippen LogP contribution is 2.14. The number of hydrogen-bond acceptors (Lipinski definition) is 4. The van der Waals surface area contributed by atoms with Crippen molar-refractivity contribution in [2.24, 2.45) is 0 Å². The van der Waals surface area contributed by atoms with E-state index in [1.165, 1.54) is 0 Å². The van der Waals surface area contributed by atoms with Crippen LogP contribution in [-0.4, -0.2) is 46.0 Å². The molecular formula is C13H16N4OS. The van der Waals surface area contributed by atoms with Gasteiger partial charge in [0, 0.05) is 18.7 Å². The van der Waals surface area contributed by atoms with Crippen LogP contribution >= 0.6 is 12.2 Å². The van der Waals surface area contributed by atoms with Crippen LogP contribution in [0.3, 0.4) is 0 Å². The molecule has 1 aliphatic heterocycles. The summed E-state index contributed by atoms with van der Waals surface area (Å²) >= 11 is 5.30. The average Bonchev–Trinajstić information content (AvgIpc) is 2.82. The summed E-state index contributed by atoms with van der Waals surface area (Å²) < 4.78 is 7.83. The number of H-pyrrole nitrogens is 1. The Balaban J connectivity index is 1.79. The van der Waals surface area contributed by atoms with Gasteiger partial charge in [-0.2, -0.15) is 4.98 Å². The van der Waals surface area contributed by atoms with Crippen molar-refractivity contribution in [2.45, 2.75) is 6.67 Å². The number of benzene rings is 1. The van der Waals surface area contributed by atoms with E-state index >= 15 is 0 Å². The van der Waals surface area contributed by atoms with E-state index in [0.29, 0.717) is 4.77 Å². The van der Waals surface area contributed by atoms with Crippen molar-refractivity contribution >= 4 is 12.2 Å². The number of nitrogens with one attached hydrogen (secondary N) is 1. The van der Waals surface area contributed by atoms with Crippen molar-refractivity contribution in [3.8, 4) is 11.4 Å². The maximum atomic E-state index is 5.34. The Morgan fingerprint density at radius 3 is 2.68 bits per heavy atom. The summed E-state index contributed by atoms with van der Waals surface area (Å²) in [5, 5.41) is 3.26. The zero-order chi connectivity index (χ0) is 13.1. The third kappa shape index (κ3) is 2.91. The van der Waals surface area contributed by atoms with Gasteiger partial charge in [0.25, 0.3) is 0 Å². The smallest absolute Gasteiger partial charge is 0.217 e. The summed E-state index contributed by atoms with van der Waals surface area (Å²) in [6.07, 6.45) is 0. The summed E-state index contributed by atoms with van der Waals surface area (Å²) in [6, 6.07) is 10.0. The molecule has 2 aromatic rings. The Hall–Kier alpha value is -1.50. The molecule has 6 heteroatoms. The molecule has 5 nitrogen and oxygen atoms in total. The van der Waals surface area contributed by atoms with Gasteiger partial charge >= 0.3 is 0 Å². The van der Waals surface area contributed by atoms with Crippen LogP contribution in [0, 0.1) is 4.77 Å². The number of morpholine rings is 1. The number of nitrogens with zero attached hydrogens (tertiary/aromatic N) is 3. The first-order valence-electron chi connectivity index (χ1n) is 6.35. The Morgan fingerprint density at radius 1 is 1.21 bits per heavy atom. The number of ether oxygens (including phenoxy) is 1. The quantitative estimate of drug-likeness (QED) is 0.870. The van der Waals surface area contributed by atoms with Gasteiger partial charge in [-0.15, -0.1) is 0 Å². The molecule has 1 aliphatic rings. The van der Waals surface area contributed by atoms with E-state index < -0.39 is 0 Å². The fourth-order valence-corrected chi connectivity index (χ4v) is 2.31. The standard InChI is InChI=1S/C13H16N4OS/c19-13-14-12(11-4-2-1-3-5-11)15-17(13)10-16-6-8-18-9-7-16/h1-5H,6-10H2,(H,14,15,19). The fraction of sp³-hybridized carbons (Fsp3) is 0.385. The van der Waals surface area contributed by atoms with Gasteiger partial charge in [0.15, 0.2) is 5.82 Å². The summed E-state index contributed by atoms with van der Waals surface area (Å²) in [5.41, 5.74) is 1.05. The minimum absolute atomic E-state index is 0.588. The van der Waals surface area contributed by atoms with E-state index in [-0.39, 0.29) is 0 Å². The lowest BCUT2D eigenvalue weighted by Gasteiger charge is -2.26. The number of rotatable bonds is 3. The fourth-order valence-electron chi connectivity index (χ4n) is 2.12. The van der Waals surface area contributed by atoms with Crippen LogP contribution in [0.4, 0.5) is 0 Å². The molecule has 19 heavy (non-hydrogen) atoms. The molecule has 0 amide bonds. The van der Waals surface area contributed by atoms with Crippen LogP contribution < -0.4 is 0 Å². The highest BCUT2D eigenvalue weighted by molar-refractivity contribution is 7.71. The number of aromatic nitrogens is 3. The molecule has 100 valence electrons.